The maximum absolute atomic E-state index is 2.23. The standard InChI is InChI=1S/C8H11.2BrH.Zr/c1-6-4-5-7(2)8(6)3;;;/h4H2,1-3H3;2*1H;/q;;;+2/p-2. The van der Waals surface area contributed by atoms with Gasteiger partial charge in [-0.2, -0.15) is 0 Å². The molecule has 0 bridgehead atoms. The smallest absolute Gasteiger partial charge is 1.00 e. The number of rotatable bonds is 0. The van der Waals surface area contributed by atoms with Gasteiger partial charge >= 0.3 is 71.9 Å². The van der Waals surface area contributed by atoms with Crippen LogP contribution in [-0.2, 0) is 24.7 Å². The van der Waals surface area contributed by atoms with Gasteiger partial charge in [-0.25, -0.2) is 0 Å². The quantitative estimate of drug-likeness (QED) is 0.423. The SMILES string of the molecule is CC1=C(C)C(C)=[C]([Zr+2])C1.[Br-].[Br-]. The largest absolute Gasteiger partial charge is 1.00 e. The van der Waals surface area contributed by atoms with E-state index in [1.54, 1.807) is 39.1 Å². The van der Waals surface area contributed by atoms with E-state index in [1.807, 2.05) is 0 Å². The van der Waals surface area contributed by atoms with Gasteiger partial charge in [0.25, 0.3) is 0 Å². The van der Waals surface area contributed by atoms with Crippen molar-refractivity contribution in [3.63, 3.8) is 0 Å². The molecule has 1 rings (SSSR count). The second kappa shape index (κ2) is 5.88. The van der Waals surface area contributed by atoms with Crippen molar-refractivity contribution in [2.24, 2.45) is 0 Å². The van der Waals surface area contributed by atoms with Crippen molar-refractivity contribution < 1.29 is 58.7 Å². The van der Waals surface area contributed by atoms with Crippen LogP contribution in [0.25, 0.3) is 0 Å². The van der Waals surface area contributed by atoms with Crippen LogP contribution in [-0.4, -0.2) is 0 Å². The van der Waals surface area contributed by atoms with Gasteiger partial charge in [-0.1, -0.05) is 0 Å². The van der Waals surface area contributed by atoms with Crippen molar-refractivity contribution in [1.82, 2.24) is 0 Å². The van der Waals surface area contributed by atoms with E-state index in [0.29, 0.717) is 0 Å². The van der Waals surface area contributed by atoms with Crippen molar-refractivity contribution in [3.8, 4) is 0 Å². The van der Waals surface area contributed by atoms with E-state index in [0.717, 1.165) is 0 Å². The first kappa shape index (κ1) is 14.8. The van der Waals surface area contributed by atoms with Crippen LogP contribution in [0.5, 0.6) is 0 Å². The Morgan fingerprint density at radius 1 is 1.00 bits per heavy atom. The average molecular weight is 358 g/mol. The third-order valence-electron chi connectivity index (χ3n) is 2.10. The van der Waals surface area contributed by atoms with Crippen molar-refractivity contribution >= 4 is 0 Å². The van der Waals surface area contributed by atoms with Gasteiger partial charge in [-0.15, -0.1) is 0 Å². The van der Waals surface area contributed by atoms with E-state index in [4.69, 9.17) is 0 Å². The van der Waals surface area contributed by atoms with Gasteiger partial charge in [0, 0.05) is 0 Å². The molecule has 0 aromatic carbocycles. The molecule has 0 aromatic rings. The van der Waals surface area contributed by atoms with Crippen LogP contribution in [0.1, 0.15) is 27.2 Å². The van der Waals surface area contributed by atoms with Crippen LogP contribution in [0.2, 0.25) is 0 Å². The summed E-state index contributed by atoms with van der Waals surface area (Å²) in [6, 6.07) is 0. The molecule has 0 aromatic heterocycles. The minimum absolute atomic E-state index is 0. The zero-order valence-electron chi connectivity index (χ0n) is 6.96. The van der Waals surface area contributed by atoms with E-state index in [9.17, 15) is 0 Å². The number of allylic oxidation sites excluding steroid dienone is 4. The second-order valence-corrected chi connectivity index (χ2v) is 4.17. The fraction of sp³-hybridized carbons (Fsp3) is 0.500. The minimum Gasteiger partial charge on any atom is -1.00 e. The summed E-state index contributed by atoms with van der Waals surface area (Å²) in [7, 11) is 0. The Labute approximate surface area is 105 Å². The topological polar surface area (TPSA) is 0 Å². The van der Waals surface area contributed by atoms with Gasteiger partial charge < -0.3 is 34.0 Å². The average Bonchev–Trinajstić information content (AvgIpc) is 1.98. The van der Waals surface area contributed by atoms with Gasteiger partial charge in [0.05, 0.1) is 0 Å². The Morgan fingerprint density at radius 2 is 1.45 bits per heavy atom. The zero-order valence-corrected chi connectivity index (χ0v) is 12.6. The molecule has 0 atom stereocenters. The van der Waals surface area contributed by atoms with Crippen LogP contribution in [0.3, 0.4) is 0 Å². The van der Waals surface area contributed by atoms with E-state index in [2.05, 4.69) is 20.8 Å². The molecule has 0 amide bonds. The number of hydrogen-bond acceptors (Lipinski definition) is 0. The molecule has 3 heteroatoms. The number of hydrogen-bond donors (Lipinski definition) is 0. The number of halogens is 2. The van der Waals surface area contributed by atoms with Crippen molar-refractivity contribution in [3.05, 3.63) is 20.0 Å². The van der Waals surface area contributed by atoms with Crippen LogP contribution >= 0.6 is 0 Å². The molecule has 0 saturated heterocycles. The first-order valence-corrected chi connectivity index (χ1v) is 4.44. The maximum Gasteiger partial charge on any atom is -1.00 e. The van der Waals surface area contributed by atoms with Gasteiger partial charge in [0.15, 0.2) is 0 Å². The fourth-order valence-corrected chi connectivity index (χ4v) is 2.19. The van der Waals surface area contributed by atoms with Gasteiger partial charge in [0.1, 0.15) is 0 Å². The van der Waals surface area contributed by atoms with Crippen LogP contribution < -0.4 is 34.0 Å². The summed E-state index contributed by atoms with van der Waals surface area (Å²) in [5.41, 5.74) is 4.65. The van der Waals surface area contributed by atoms with Gasteiger partial charge in [-0.05, 0) is 0 Å². The van der Waals surface area contributed by atoms with E-state index in [1.165, 1.54) is 12.0 Å². The Morgan fingerprint density at radius 3 is 1.55 bits per heavy atom. The summed E-state index contributed by atoms with van der Waals surface area (Å²) >= 11 is 1.59. The summed E-state index contributed by atoms with van der Waals surface area (Å²) in [5.74, 6) is 0. The molecule has 0 spiro atoms. The molecule has 61 valence electrons. The molecule has 0 heterocycles. The molecule has 0 nitrogen and oxygen atoms in total. The van der Waals surface area contributed by atoms with Crippen molar-refractivity contribution in [2.75, 3.05) is 0 Å². The molecule has 11 heavy (non-hydrogen) atoms. The molecule has 0 radical (unpaired) electrons. The zero-order chi connectivity index (χ0) is 7.02. The second-order valence-electron chi connectivity index (χ2n) is 2.69. The van der Waals surface area contributed by atoms with Crippen molar-refractivity contribution in [2.45, 2.75) is 27.2 Å². The summed E-state index contributed by atoms with van der Waals surface area (Å²) < 4.78 is 1.64. The van der Waals surface area contributed by atoms with E-state index in [-0.39, 0.29) is 34.0 Å². The Kier molecular flexibility index (Phi) is 7.93. The Bertz CT molecular complexity index is 182. The molecule has 1 aliphatic rings. The Balaban J connectivity index is 0. The third-order valence-corrected chi connectivity index (χ3v) is 3.45. The molecular weight excluding hydrogens is 347 g/mol. The molecule has 0 saturated carbocycles. The monoisotopic (exact) mass is 355 g/mol. The predicted molar refractivity (Wildman–Crippen MR) is 35.7 cm³/mol. The van der Waals surface area contributed by atoms with Crippen LogP contribution in [0, 0.1) is 0 Å². The summed E-state index contributed by atoms with van der Waals surface area (Å²) in [4.78, 5) is 0. The fourth-order valence-electron chi connectivity index (χ4n) is 1.08. The maximum atomic E-state index is 2.23. The van der Waals surface area contributed by atoms with Crippen molar-refractivity contribution in [1.29, 1.82) is 0 Å². The summed E-state index contributed by atoms with van der Waals surface area (Å²) in [6.07, 6.45) is 1.25. The van der Waals surface area contributed by atoms with Crippen LogP contribution in [0.4, 0.5) is 0 Å². The summed E-state index contributed by atoms with van der Waals surface area (Å²) in [6.45, 7) is 6.69. The normalized spacial score (nSPS) is 16.5. The molecule has 0 N–H and O–H groups in total. The Hall–Kier alpha value is 1.32. The molecular formula is C8H11Br2Zr. The summed E-state index contributed by atoms with van der Waals surface area (Å²) in [5, 5.41) is 0. The van der Waals surface area contributed by atoms with Gasteiger partial charge in [-0.3, -0.25) is 0 Å². The van der Waals surface area contributed by atoms with Crippen LogP contribution in [0.15, 0.2) is 20.0 Å². The van der Waals surface area contributed by atoms with Gasteiger partial charge in [0.2, 0.25) is 0 Å². The molecule has 0 unspecified atom stereocenters. The third kappa shape index (κ3) is 3.28. The minimum atomic E-state index is 0. The molecule has 1 aliphatic carbocycles. The molecule has 0 fully saturated rings. The first-order valence-electron chi connectivity index (χ1n) is 3.21. The first-order chi connectivity index (χ1) is 4.13. The van der Waals surface area contributed by atoms with E-state index >= 15 is 0 Å². The predicted octanol–water partition coefficient (Wildman–Crippen LogP) is -3.44. The molecule has 0 aliphatic heterocycles. The van der Waals surface area contributed by atoms with E-state index < -0.39 is 0 Å².